The van der Waals surface area contributed by atoms with Gasteiger partial charge in [-0.2, -0.15) is 0 Å². The number of hydrogen-bond donors (Lipinski definition) is 1. The van der Waals surface area contributed by atoms with Gasteiger partial charge in [0.25, 0.3) is 0 Å². The summed E-state index contributed by atoms with van der Waals surface area (Å²) in [6, 6.07) is 0. The van der Waals surface area contributed by atoms with Crippen molar-refractivity contribution < 1.29 is 9.90 Å². The number of carbonyl (C=O) groups excluding carboxylic acids is 1. The lowest BCUT2D eigenvalue weighted by Crippen LogP contribution is -2.25. The average Bonchev–Trinajstić information content (AvgIpc) is 2.30. The Morgan fingerprint density at radius 3 is 2.82 bits per heavy atom. The third-order valence-electron chi connectivity index (χ3n) is 2.09. The summed E-state index contributed by atoms with van der Waals surface area (Å²) < 4.78 is 0. The zero-order chi connectivity index (χ0) is 8.43. The van der Waals surface area contributed by atoms with Gasteiger partial charge in [-0.3, -0.25) is 4.79 Å². The van der Waals surface area contributed by atoms with E-state index in [0.717, 1.165) is 0 Å². The molecule has 2 nitrogen and oxygen atoms in total. The van der Waals surface area contributed by atoms with Gasteiger partial charge in [0.2, 0.25) is 0 Å². The van der Waals surface area contributed by atoms with Crippen molar-refractivity contribution in [3.63, 3.8) is 0 Å². The summed E-state index contributed by atoms with van der Waals surface area (Å²) in [7, 11) is 0. The number of aliphatic hydroxyl groups excluding tert-OH is 1. The maximum absolute atomic E-state index is 11.1. The van der Waals surface area contributed by atoms with E-state index in [2.05, 4.69) is 6.58 Å². The minimum absolute atomic E-state index is 0.00454. The van der Waals surface area contributed by atoms with Crippen LogP contribution in [0.2, 0.25) is 0 Å². The highest BCUT2D eigenvalue weighted by molar-refractivity contribution is 5.95. The molecule has 1 N–H and O–H groups in total. The fourth-order valence-electron chi connectivity index (χ4n) is 1.31. The standard InChI is InChI=1S/C9H12O2/c1-3-6(2)9-7(10)4-5-8(9)11/h3-7,9-10H,1H2,2H3. The molecule has 1 aliphatic carbocycles. The van der Waals surface area contributed by atoms with Gasteiger partial charge in [-0.1, -0.05) is 19.1 Å². The van der Waals surface area contributed by atoms with Crippen molar-refractivity contribution in [1.29, 1.82) is 0 Å². The second-order valence-corrected chi connectivity index (χ2v) is 2.87. The van der Waals surface area contributed by atoms with Crippen molar-refractivity contribution in [3.05, 3.63) is 24.8 Å². The Kier molecular flexibility index (Phi) is 2.25. The lowest BCUT2D eigenvalue weighted by molar-refractivity contribution is -0.120. The van der Waals surface area contributed by atoms with Crippen molar-refractivity contribution in [1.82, 2.24) is 0 Å². The molecule has 0 aliphatic heterocycles. The summed E-state index contributed by atoms with van der Waals surface area (Å²) in [6.07, 6.45) is 4.05. The lowest BCUT2D eigenvalue weighted by atomic mass is 9.89. The summed E-state index contributed by atoms with van der Waals surface area (Å²) in [5, 5.41) is 9.31. The predicted molar refractivity (Wildman–Crippen MR) is 43.0 cm³/mol. The Bertz CT molecular complexity index is 206. The van der Waals surface area contributed by atoms with Crippen molar-refractivity contribution in [3.8, 4) is 0 Å². The molecule has 0 saturated carbocycles. The summed E-state index contributed by atoms with van der Waals surface area (Å²) in [5.41, 5.74) is 0. The van der Waals surface area contributed by atoms with Gasteiger partial charge in [0.05, 0.1) is 12.0 Å². The third kappa shape index (κ3) is 1.40. The van der Waals surface area contributed by atoms with Crippen LogP contribution in [0.5, 0.6) is 0 Å². The molecule has 1 rings (SSSR count). The number of ketones is 1. The van der Waals surface area contributed by atoms with Crippen molar-refractivity contribution in [2.45, 2.75) is 13.0 Å². The minimum atomic E-state index is -0.615. The number of carbonyl (C=O) groups is 1. The molecular weight excluding hydrogens is 140 g/mol. The molecule has 0 aromatic carbocycles. The number of allylic oxidation sites excluding steroid dienone is 2. The molecule has 0 aromatic rings. The second kappa shape index (κ2) is 3.01. The number of aliphatic hydroxyl groups is 1. The SMILES string of the molecule is C=CC(C)C1C(=O)C=CC1O. The molecule has 0 radical (unpaired) electrons. The summed E-state index contributed by atoms with van der Waals surface area (Å²) in [4.78, 5) is 11.1. The minimum Gasteiger partial charge on any atom is -0.388 e. The molecule has 0 heterocycles. The van der Waals surface area contributed by atoms with Gasteiger partial charge in [0.1, 0.15) is 0 Å². The van der Waals surface area contributed by atoms with Crippen LogP contribution in [0.15, 0.2) is 24.8 Å². The molecular formula is C9H12O2. The first-order chi connectivity index (χ1) is 5.16. The molecule has 0 bridgehead atoms. The van der Waals surface area contributed by atoms with Crippen LogP contribution in [0, 0.1) is 11.8 Å². The van der Waals surface area contributed by atoms with Gasteiger partial charge in [0.15, 0.2) is 5.78 Å². The van der Waals surface area contributed by atoms with E-state index in [9.17, 15) is 9.90 Å². The summed E-state index contributed by atoms with van der Waals surface area (Å²) in [6.45, 7) is 5.46. The first-order valence-electron chi connectivity index (χ1n) is 3.69. The van der Waals surface area contributed by atoms with Crippen LogP contribution in [0.25, 0.3) is 0 Å². The van der Waals surface area contributed by atoms with E-state index in [1.165, 1.54) is 12.2 Å². The molecule has 3 unspecified atom stereocenters. The molecule has 0 aromatic heterocycles. The first-order valence-corrected chi connectivity index (χ1v) is 3.69. The van der Waals surface area contributed by atoms with Gasteiger partial charge in [0, 0.05) is 0 Å². The van der Waals surface area contributed by atoms with E-state index in [-0.39, 0.29) is 17.6 Å². The molecule has 0 spiro atoms. The van der Waals surface area contributed by atoms with Crippen LogP contribution in [0.3, 0.4) is 0 Å². The zero-order valence-corrected chi connectivity index (χ0v) is 6.53. The predicted octanol–water partition coefficient (Wildman–Crippen LogP) is 0.924. The van der Waals surface area contributed by atoms with Crippen LogP contribution in [-0.4, -0.2) is 17.0 Å². The molecule has 0 saturated heterocycles. The van der Waals surface area contributed by atoms with E-state index in [4.69, 9.17) is 0 Å². The second-order valence-electron chi connectivity index (χ2n) is 2.87. The Hall–Kier alpha value is -0.890. The topological polar surface area (TPSA) is 37.3 Å². The Morgan fingerprint density at radius 2 is 2.45 bits per heavy atom. The Labute approximate surface area is 66.2 Å². The Morgan fingerprint density at radius 1 is 1.82 bits per heavy atom. The quantitative estimate of drug-likeness (QED) is 0.597. The highest BCUT2D eigenvalue weighted by Gasteiger charge is 2.31. The highest BCUT2D eigenvalue weighted by Crippen LogP contribution is 2.24. The van der Waals surface area contributed by atoms with E-state index < -0.39 is 6.10 Å². The van der Waals surface area contributed by atoms with Crippen LogP contribution < -0.4 is 0 Å². The van der Waals surface area contributed by atoms with Gasteiger partial charge < -0.3 is 5.11 Å². The molecule has 11 heavy (non-hydrogen) atoms. The fourth-order valence-corrected chi connectivity index (χ4v) is 1.31. The maximum Gasteiger partial charge on any atom is 0.162 e. The molecule has 0 fully saturated rings. The largest absolute Gasteiger partial charge is 0.388 e. The average molecular weight is 152 g/mol. The normalized spacial score (nSPS) is 32.4. The van der Waals surface area contributed by atoms with Crippen LogP contribution in [-0.2, 0) is 4.79 Å². The van der Waals surface area contributed by atoms with E-state index >= 15 is 0 Å². The van der Waals surface area contributed by atoms with Crippen molar-refractivity contribution in [2.75, 3.05) is 0 Å². The fraction of sp³-hybridized carbons (Fsp3) is 0.444. The number of hydrogen-bond acceptors (Lipinski definition) is 2. The first kappa shape index (κ1) is 8.21. The van der Waals surface area contributed by atoms with E-state index in [0.29, 0.717) is 0 Å². The molecule has 3 atom stereocenters. The Balaban J connectivity index is 2.72. The summed E-state index contributed by atoms with van der Waals surface area (Å²) in [5.74, 6) is -0.245. The van der Waals surface area contributed by atoms with Crippen LogP contribution in [0.1, 0.15) is 6.92 Å². The van der Waals surface area contributed by atoms with Gasteiger partial charge in [-0.25, -0.2) is 0 Å². The van der Waals surface area contributed by atoms with Gasteiger partial charge >= 0.3 is 0 Å². The molecule has 1 aliphatic rings. The van der Waals surface area contributed by atoms with Crippen LogP contribution in [0.4, 0.5) is 0 Å². The smallest absolute Gasteiger partial charge is 0.162 e. The van der Waals surface area contributed by atoms with Gasteiger partial charge in [-0.15, -0.1) is 6.58 Å². The zero-order valence-electron chi connectivity index (χ0n) is 6.53. The highest BCUT2D eigenvalue weighted by atomic mass is 16.3. The molecule has 2 heteroatoms. The lowest BCUT2D eigenvalue weighted by Gasteiger charge is -2.17. The third-order valence-corrected chi connectivity index (χ3v) is 2.09. The van der Waals surface area contributed by atoms with Crippen LogP contribution >= 0.6 is 0 Å². The summed E-state index contributed by atoms with van der Waals surface area (Å²) >= 11 is 0. The molecule has 0 amide bonds. The number of rotatable bonds is 2. The van der Waals surface area contributed by atoms with Crippen molar-refractivity contribution >= 4 is 5.78 Å². The molecule has 60 valence electrons. The van der Waals surface area contributed by atoms with Crippen molar-refractivity contribution in [2.24, 2.45) is 11.8 Å². The monoisotopic (exact) mass is 152 g/mol. The van der Waals surface area contributed by atoms with Gasteiger partial charge in [-0.05, 0) is 12.0 Å². The van der Waals surface area contributed by atoms with E-state index in [1.807, 2.05) is 6.92 Å². The van der Waals surface area contributed by atoms with E-state index in [1.54, 1.807) is 6.08 Å². The maximum atomic E-state index is 11.1.